The number of ether oxygens (including phenoxy) is 1. The zero-order valence-corrected chi connectivity index (χ0v) is 21.3. The van der Waals surface area contributed by atoms with Crippen molar-refractivity contribution in [1.29, 1.82) is 0 Å². The van der Waals surface area contributed by atoms with Crippen molar-refractivity contribution in [2.45, 2.75) is 0 Å². The summed E-state index contributed by atoms with van der Waals surface area (Å²) in [5.41, 5.74) is 3.36. The van der Waals surface area contributed by atoms with Crippen molar-refractivity contribution in [2.24, 2.45) is 5.10 Å². The monoisotopic (exact) mass is 595 g/mol. The number of halogens is 3. The third-order valence-electron chi connectivity index (χ3n) is 4.05. The van der Waals surface area contributed by atoms with Crippen LogP contribution in [0.25, 0.3) is 6.08 Å². The summed E-state index contributed by atoms with van der Waals surface area (Å²) < 4.78 is 6.91. The lowest BCUT2D eigenvalue weighted by Gasteiger charge is -2.10. The van der Waals surface area contributed by atoms with Gasteiger partial charge in [-0.1, -0.05) is 45.7 Å². The molecule has 0 bridgehead atoms. The highest BCUT2D eigenvalue weighted by Crippen LogP contribution is 2.31. The van der Waals surface area contributed by atoms with Gasteiger partial charge >= 0.3 is 0 Å². The number of rotatable bonds is 7. The number of methoxy groups -OCH3 is 1. The Morgan fingerprint density at radius 1 is 1.16 bits per heavy atom. The Morgan fingerprint density at radius 2 is 1.94 bits per heavy atom. The van der Waals surface area contributed by atoms with Gasteiger partial charge in [0.05, 0.1) is 28.4 Å². The molecular weight excluding hydrogens is 582 g/mol. The molecule has 0 aliphatic carbocycles. The molecule has 0 saturated carbocycles. The Kier molecular flexibility index (Phi) is 8.63. The van der Waals surface area contributed by atoms with Crippen molar-refractivity contribution in [3.63, 3.8) is 0 Å². The van der Waals surface area contributed by atoms with Gasteiger partial charge in [0.2, 0.25) is 0 Å². The molecule has 1 heterocycles. The Morgan fingerprint density at radius 3 is 2.62 bits per heavy atom. The molecule has 3 aromatic rings. The fourth-order valence-corrected chi connectivity index (χ4v) is 4.92. The molecule has 2 aromatic carbocycles. The molecule has 2 amide bonds. The zero-order valence-electron chi connectivity index (χ0n) is 16.6. The standard InChI is InChI=1S/C22H16Br2ClN3O3S/c1-31-20-13(9-14(23)10-17(20)24)12-26-28-22(30)19(11-15-5-4-8-32-15)27-21(29)16-6-2-3-7-18(16)25/h2-12H,1H3,(H,27,29)(H,28,30)/b19-11+,26-12+. The quantitative estimate of drug-likeness (QED) is 0.204. The second-order valence-electron chi connectivity index (χ2n) is 6.22. The molecule has 32 heavy (non-hydrogen) atoms. The molecule has 6 nitrogen and oxygen atoms in total. The molecule has 1 aromatic heterocycles. The maximum Gasteiger partial charge on any atom is 0.287 e. The first-order chi connectivity index (χ1) is 15.4. The van der Waals surface area contributed by atoms with E-state index in [2.05, 4.69) is 47.7 Å². The highest BCUT2D eigenvalue weighted by Gasteiger charge is 2.16. The van der Waals surface area contributed by atoms with Gasteiger partial charge in [-0.25, -0.2) is 5.43 Å². The van der Waals surface area contributed by atoms with E-state index in [-0.39, 0.29) is 16.3 Å². The average molecular weight is 598 g/mol. The number of carbonyl (C=O) groups is 2. The molecule has 2 N–H and O–H groups in total. The van der Waals surface area contributed by atoms with Crippen molar-refractivity contribution in [1.82, 2.24) is 10.7 Å². The van der Waals surface area contributed by atoms with E-state index in [1.54, 1.807) is 36.4 Å². The number of carbonyl (C=O) groups excluding carboxylic acids is 2. The summed E-state index contributed by atoms with van der Waals surface area (Å²) in [5, 5.41) is 8.79. The largest absolute Gasteiger partial charge is 0.495 e. The predicted molar refractivity (Wildman–Crippen MR) is 135 cm³/mol. The van der Waals surface area contributed by atoms with Crippen LogP contribution in [0.3, 0.4) is 0 Å². The summed E-state index contributed by atoms with van der Waals surface area (Å²) in [7, 11) is 1.54. The number of hydrogen-bond donors (Lipinski definition) is 2. The minimum Gasteiger partial charge on any atom is -0.495 e. The van der Waals surface area contributed by atoms with Crippen molar-refractivity contribution in [3.8, 4) is 5.75 Å². The first-order valence-corrected chi connectivity index (χ1v) is 11.9. The van der Waals surface area contributed by atoms with Gasteiger partial charge in [0.25, 0.3) is 11.8 Å². The second kappa shape index (κ2) is 11.4. The molecule has 0 saturated heterocycles. The fraction of sp³-hybridized carbons (Fsp3) is 0.0455. The Hall–Kier alpha value is -2.46. The van der Waals surface area contributed by atoms with Crippen molar-refractivity contribution in [2.75, 3.05) is 7.11 Å². The smallest absolute Gasteiger partial charge is 0.287 e. The normalized spacial score (nSPS) is 11.4. The number of hydrogen-bond acceptors (Lipinski definition) is 5. The Labute approximate surface area is 210 Å². The lowest BCUT2D eigenvalue weighted by Crippen LogP contribution is -2.33. The third-order valence-corrected chi connectivity index (χ3v) is 6.25. The van der Waals surface area contributed by atoms with E-state index in [0.29, 0.717) is 11.3 Å². The van der Waals surface area contributed by atoms with Crippen LogP contribution < -0.4 is 15.5 Å². The Balaban J connectivity index is 1.82. The minimum atomic E-state index is -0.594. The van der Waals surface area contributed by atoms with Gasteiger partial charge in [-0.05, 0) is 57.7 Å². The van der Waals surface area contributed by atoms with Crippen LogP contribution in [0.4, 0.5) is 0 Å². The van der Waals surface area contributed by atoms with Crippen LogP contribution in [0.2, 0.25) is 5.02 Å². The number of benzene rings is 2. The van der Waals surface area contributed by atoms with E-state index in [1.165, 1.54) is 24.7 Å². The highest BCUT2D eigenvalue weighted by atomic mass is 79.9. The minimum absolute atomic E-state index is 0.0249. The van der Waals surface area contributed by atoms with Crippen LogP contribution in [0.15, 0.2) is 73.7 Å². The molecule has 0 spiro atoms. The van der Waals surface area contributed by atoms with Crippen molar-refractivity contribution >= 4 is 78.9 Å². The zero-order chi connectivity index (χ0) is 23.1. The van der Waals surface area contributed by atoms with Gasteiger partial charge in [0.1, 0.15) is 11.4 Å². The van der Waals surface area contributed by atoms with E-state index < -0.39 is 11.8 Å². The maximum atomic E-state index is 12.8. The summed E-state index contributed by atoms with van der Waals surface area (Å²) in [6, 6.07) is 13.9. The molecule has 0 aliphatic rings. The SMILES string of the molecule is COc1c(Br)cc(Br)cc1/C=N/NC(=O)/C(=C\c1cccs1)NC(=O)c1ccccc1Cl. The first-order valence-electron chi connectivity index (χ1n) is 9.06. The van der Waals surface area contributed by atoms with Gasteiger partial charge in [-0.3, -0.25) is 9.59 Å². The predicted octanol–water partition coefficient (Wildman–Crippen LogP) is 5.86. The number of amides is 2. The van der Waals surface area contributed by atoms with E-state index in [4.69, 9.17) is 16.3 Å². The van der Waals surface area contributed by atoms with Gasteiger partial charge < -0.3 is 10.1 Å². The van der Waals surface area contributed by atoms with Gasteiger partial charge in [-0.2, -0.15) is 5.10 Å². The first kappa shape index (κ1) is 24.2. The molecular formula is C22H16Br2ClN3O3S. The molecule has 0 atom stereocenters. The molecule has 0 radical (unpaired) electrons. The van der Waals surface area contributed by atoms with Crippen LogP contribution in [0.5, 0.6) is 5.75 Å². The van der Waals surface area contributed by atoms with Gasteiger partial charge in [0, 0.05) is 14.9 Å². The van der Waals surface area contributed by atoms with E-state index in [9.17, 15) is 9.59 Å². The summed E-state index contributed by atoms with van der Waals surface area (Å²) in [4.78, 5) is 26.3. The summed E-state index contributed by atoms with van der Waals surface area (Å²) >= 11 is 14.4. The van der Waals surface area contributed by atoms with Crippen molar-refractivity contribution in [3.05, 3.63) is 89.6 Å². The maximum absolute atomic E-state index is 12.8. The topological polar surface area (TPSA) is 79.8 Å². The van der Waals surface area contributed by atoms with E-state index in [0.717, 1.165) is 13.8 Å². The molecule has 0 unspecified atom stereocenters. The van der Waals surface area contributed by atoms with Crippen LogP contribution in [-0.4, -0.2) is 25.1 Å². The second-order valence-corrected chi connectivity index (χ2v) is 9.37. The van der Waals surface area contributed by atoms with Crippen molar-refractivity contribution < 1.29 is 14.3 Å². The number of thiophene rings is 1. The molecule has 164 valence electrons. The summed E-state index contributed by atoms with van der Waals surface area (Å²) in [6.45, 7) is 0. The molecule has 3 rings (SSSR count). The lowest BCUT2D eigenvalue weighted by molar-refractivity contribution is -0.117. The van der Waals surface area contributed by atoms with Gasteiger partial charge in [0.15, 0.2) is 0 Å². The van der Waals surface area contributed by atoms with Crippen LogP contribution in [0, 0.1) is 0 Å². The van der Waals surface area contributed by atoms with Crippen LogP contribution in [-0.2, 0) is 4.79 Å². The molecule has 10 heteroatoms. The molecule has 0 aliphatic heterocycles. The van der Waals surface area contributed by atoms with E-state index in [1.807, 2.05) is 23.6 Å². The summed E-state index contributed by atoms with van der Waals surface area (Å²) in [5.74, 6) is -0.536. The van der Waals surface area contributed by atoms with Crippen LogP contribution >= 0.6 is 54.8 Å². The fourth-order valence-electron chi connectivity index (χ4n) is 2.62. The Bertz CT molecular complexity index is 1200. The van der Waals surface area contributed by atoms with E-state index >= 15 is 0 Å². The number of nitrogens with zero attached hydrogens (tertiary/aromatic N) is 1. The average Bonchev–Trinajstić information content (AvgIpc) is 3.26. The third kappa shape index (κ3) is 6.29. The van der Waals surface area contributed by atoms with Gasteiger partial charge in [-0.15, -0.1) is 11.3 Å². The summed E-state index contributed by atoms with van der Waals surface area (Å²) in [6.07, 6.45) is 3.02. The number of nitrogens with one attached hydrogen (secondary N) is 2. The van der Waals surface area contributed by atoms with Crippen LogP contribution in [0.1, 0.15) is 20.8 Å². The highest BCUT2D eigenvalue weighted by molar-refractivity contribution is 9.11. The number of hydrazone groups is 1. The lowest BCUT2D eigenvalue weighted by atomic mass is 10.2. The molecule has 0 fully saturated rings.